The quantitative estimate of drug-likeness (QED) is 0.825. The fourth-order valence-electron chi connectivity index (χ4n) is 2.09. The molecule has 1 aromatic carbocycles. The monoisotopic (exact) mass is 321 g/mol. The summed E-state index contributed by atoms with van der Waals surface area (Å²) in [5.41, 5.74) is 3.65. The maximum absolute atomic E-state index is 4.46. The molecule has 1 aromatic heterocycles. The Morgan fingerprint density at radius 1 is 1.37 bits per heavy atom. The Bertz CT molecular complexity index is 534. The summed E-state index contributed by atoms with van der Waals surface area (Å²) in [7, 11) is 0. The smallest absolute Gasteiger partial charge is 0.0675 e. The van der Waals surface area contributed by atoms with Crippen molar-refractivity contribution in [3.63, 3.8) is 0 Å². The molecule has 0 saturated carbocycles. The second-order valence-corrected chi connectivity index (χ2v) is 5.60. The van der Waals surface area contributed by atoms with Gasteiger partial charge < -0.3 is 5.32 Å². The molecule has 102 valence electrons. The minimum atomic E-state index is 1.04. The molecule has 0 unspecified atom stereocenters. The summed E-state index contributed by atoms with van der Waals surface area (Å²) in [5, 5.41) is 7.80. The van der Waals surface area contributed by atoms with E-state index in [9.17, 15) is 0 Å². The fourth-order valence-corrected chi connectivity index (χ4v) is 2.57. The van der Waals surface area contributed by atoms with Crippen molar-refractivity contribution in [2.45, 2.75) is 26.7 Å². The summed E-state index contributed by atoms with van der Waals surface area (Å²) in [6.07, 6.45) is 6.32. The molecule has 0 bridgehead atoms. The third kappa shape index (κ3) is 3.91. The molecule has 1 heterocycles. The molecule has 4 heteroatoms. The van der Waals surface area contributed by atoms with E-state index in [4.69, 9.17) is 0 Å². The topological polar surface area (TPSA) is 29.9 Å². The first-order valence-corrected chi connectivity index (χ1v) is 7.51. The summed E-state index contributed by atoms with van der Waals surface area (Å²) >= 11 is 3.49. The van der Waals surface area contributed by atoms with Crippen LogP contribution in [0.2, 0.25) is 0 Å². The number of rotatable bonds is 6. The van der Waals surface area contributed by atoms with Gasteiger partial charge in [-0.3, -0.25) is 0 Å². The van der Waals surface area contributed by atoms with E-state index < -0.39 is 0 Å². The number of benzene rings is 1. The third-order valence-corrected chi connectivity index (χ3v) is 3.60. The van der Waals surface area contributed by atoms with E-state index in [-0.39, 0.29) is 0 Å². The maximum Gasteiger partial charge on any atom is 0.0675 e. The number of aromatic nitrogens is 2. The predicted octanol–water partition coefficient (Wildman–Crippen LogP) is 3.49. The van der Waals surface area contributed by atoms with E-state index in [1.165, 1.54) is 11.1 Å². The van der Waals surface area contributed by atoms with E-state index >= 15 is 0 Å². The van der Waals surface area contributed by atoms with Crippen molar-refractivity contribution < 1.29 is 0 Å². The molecule has 0 amide bonds. The van der Waals surface area contributed by atoms with Gasteiger partial charge >= 0.3 is 0 Å². The lowest BCUT2D eigenvalue weighted by atomic mass is 10.2. The van der Waals surface area contributed by atoms with Gasteiger partial charge in [-0.25, -0.2) is 4.68 Å². The fraction of sp³-hybridized carbons (Fsp3) is 0.400. The SMILES string of the molecule is CCNCCCc1cnn(-c2ccc(Br)cc2C)c1. The largest absolute Gasteiger partial charge is 0.317 e. The number of hydrogen-bond acceptors (Lipinski definition) is 2. The van der Waals surface area contributed by atoms with E-state index in [1.54, 1.807) is 0 Å². The first kappa shape index (κ1) is 14.3. The zero-order valence-corrected chi connectivity index (χ0v) is 13.1. The molecule has 0 atom stereocenters. The molecule has 1 N–H and O–H groups in total. The molecular weight excluding hydrogens is 302 g/mol. The average molecular weight is 322 g/mol. The van der Waals surface area contributed by atoms with Crippen molar-refractivity contribution in [2.75, 3.05) is 13.1 Å². The molecule has 0 aliphatic heterocycles. The highest BCUT2D eigenvalue weighted by molar-refractivity contribution is 9.10. The van der Waals surface area contributed by atoms with Gasteiger partial charge in [0.1, 0.15) is 0 Å². The maximum atomic E-state index is 4.46. The summed E-state index contributed by atoms with van der Waals surface area (Å²) in [4.78, 5) is 0. The van der Waals surface area contributed by atoms with Gasteiger partial charge in [0.15, 0.2) is 0 Å². The van der Waals surface area contributed by atoms with Crippen molar-refractivity contribution in [1.82, 2.24) is 15.1 Å². The molecule has 0 aliphatic rings. The van der Waals surface area contributed by atoms with Crippen LogP contribution in [0.3, 0.4) is 0 Å². The first-order chi connectivity index (χ1) is 9.20. The second kappa shape index (κ2) is 6.87. The summed E-state index contributed by atoms with van der Waals surface area (Å²) in [5.74, 6) is 0. The Hall–Kier alpha value is -1.13. The summed E-state index contributed by atoms with van der Waals surface area (Å²) in [6, 6.07) is 6.26. The minimum absolute atomic E-state index is 1.04. The molecule has 2 aromatic rings. The van der Waals surface area contributed by atoms with Gasteiger partial charge in [0, 0.05) is 10.7 Å². The Morgan fingerprint density at radius 2 is 2.21 bits per heavy atom. The summed E-state index contributed by atoms with van der Waals surface area (Å²) in [6.45, 7) is 6.34. The van der Waals surface area contributed by atoms with Crippen LogP contribution in [0.1, 0.15) is 24.5 Å². The Kier molecular flexibility index (Phi) is 5.16. The van der Waals surface area contributed by atoms with Gasteiger partial charge in [-0.2, -0.15) is 5.10 Å². The first-order valence-electron chi connectivity index (χ1n) is 6.71. The van der Waals surface area contributed by atoms with Crippen LogP contribution in [-0.4, -0.2) is 22.9 Å². The van der Waals surface area contributed by atoms with Crippen LogP contribution in [0, 0.1) is 6.92 Å². The standard InChI is InChI=1S/C15H20BrN3/c1-3-17-8-4-5-13-10-18-19(11-13)15-7-6-14(16)9-12(15)2/h6-7,9-11,17H,3-5,8H2,1-2H3. The van der Waals surface area contributed by atoms with Gasteiger partial charge in [0.05, 0.1) is 11.9 Å². The molecule has 0 fully saturated rings. The van der Waals surface area contributed by atoms with E-state index in [2.05, 4.69) is 64.6 Å². The Morgan fingerprint density at radius 3 is 2.95 bits per heavy atom. The third-order valence-electron chi connectivity index (χ3n) is 3.11. The Balaban J connectivity index is 2.04. The molecular formula is C15H20BrN3. The number of halogens is 1. The molecule has 3 nitrogen and oxygen atoms in total. The lowest BCUT2D eigenvalue weighted by Gasteiger charge is -2.05. The number of hydrogen-bond donors (Lipinski definition) is 1. The van der Waals surface area contributed by atoms with Crippen LogP contribution in [0.5, 0.6) is 0 Å². The molecule has 0 saturated heterocycles. The lowest BCUT2D eigenvalue weighted by molar-refractivity contribution is 0.672. The van der Waals surface area contributed by atoms with Crippen LogP contribution in [-0.2, 0) is 6.42 Å². The summed E-state index contributed by atoms with van der Waals surface area (Å²) < 4.78 is 3.07. The average Bonchev–Trinajstić information content (AvgIpc) is 2.83. The normalized spacial score (nSPS) is 10.9. The van der Waals surface area contributed by atoms with Crippen LogP contribution in [0.15, 0.2) is 35.1 Å². The van der Waals surface area contributed by atoms with Crippen LogP contribution >= 0.6 is 15.9 Å². The van der Waals surface area contributed by atoms with Crippen molar-refractivity contribution in [3.8, 4) is 5.69 Å². The molecule has 0 spiro atoms. The van der Waals surface area contributed by atoms with Gasteiger partial charge in [-0.05, 0) is 62.2 Å². The molecule has 0 radical (unpaired) electrons. The predicted molar refractivity (Wildman–Crippen MR) is 82.9 cm³/mol. The van der Waals surface area contributed by atoms with Crippen LogP contribution in [0.4, 0.5) is 0 Å². The highest BCUT2D eigenvalue weighted by Crippen LogP contribution is 2.19. The molecule has 19 heavy (non-hydrogen) atoms. The Labute approximate surface area is 123 Å². The highest BCUT2D eigenvalue weighted by Gasteiger charge is 2.04. The zero-order chi connectivity index (χ0) is 13.7. The zero-order valence-electron chi connectivity index (χ0n) is 11.5. The van der Waals surface area contributed by atoms with Gasteiger partial charge in [0.2, 0.25) is 0 Å². The van der Waals surface area contributed by atoms with Crippen LogP contribution < -0.4 is 5.32 Å². The van der Waals surface area contributed by atoms with Gasteiger partial charge in [-0.15, -0.1) is 0 Å². The molecule has 0 aliphatic carbocycles. The molecule has 2 rings (SSSR count). The second-order valence-electron chi connectivity index (χ2n) is 4.68. The van der Waals surface area contributed by atoms with E-state index in [1.807, 2.05) is 10.9 Å². The number of nitrogens with one attached hydrogen (secondary N) is 1. The number of aryl methyl sites for hydroxylation is 2. The van der Waals surface area contributed by atoms with Gasteiger partial charge in [0.25, 0.3) is 0 Å². The van der Waals surface area contributed by atoms with Gasteiger partial charge in [-0.1, -0.05) is 22.9 Å². The number of nitrogens with zero attached hydrogens (tertiary/aromatic N) is 2. The van der Waals surface area contributed by atoms with Crippen molar-refractivity contribution >= 4 is 15.9 Å². The van der Waals surface area contributed by atoms with Crippen molar-refractivity contribution in [2.24, 2.45) is 0 Å². The van der Waals surface area contributed by atoms with Crippen molar-refractivity contribution in [1.29, 1.82) is 0 Å². The highest BCUT2D eigenvalue weighted by atomic mass is 79.9. The van der Waals surface area contributed by atoms with Crippen LogP contribution in [0.25, 0.3) is 5.69 Å². The lowest BCUT2D eigenvalue weighted by Crippen LogP contribution is -2.14. The van der Waals surface area contributed by atoms with E-state index in [0.717, 1.165) is 36.1 Å². The van der Waals surface area contributed by atoms with E-state index in [0.29, 0.717) is 0 Å². The van der Waals surface area contributed by atoms with Crippen molar-refractivity contribution in [3.05, 3.63) is 46.2 Å². The minimum Gasteiger partial charge on any atom is -0.317 e.